The second-order valence-electron chi connectivity index (χ2n) is 6.30. The Labute approximate surface area is 145 Å². The van der Waals surface area contributed by atoms with Gasteiger partial charge in [-0.25, -0.2) is 0 Å². The average Bonchev–Trinajstić information content (AvgIpc) is 3.19. The Balaban J connectivity index is 1.70. The highest BCUT2D eigenvalue weighted by Gasteiger charge is 2.34. The van der Waals surface area contributed by atoms with E-state index >= 15 is 0 Å². The van der Waals surface area contributed by atoms with Gasteiger partial charge in [-0.3, -0.25) is 9.59 Å². The summed E-state index contributed by atoms with van der Waals surface area (Å²) in [4.78, 5) is 25.8. The molecular weight excluding hydrogens is 316 g/mol. The molecule has 3 aromatic rings. The Hall–Kier alpha value is -3.08. The zero-order valence-corrected chi connectivity index (χ0v) is 13.9. The highest BCUT2D eigenvalue weighted by molar-refractivity contribution is 6.01. The first-order chi connectivity index (χ1) is 12.1. The van der Waals surface area contributed by atoms with Crippen molar-refractivity contribution in [2.75, 3.05) is 0 Å². The van der Waals surface area contributed by atoms with E-state index in [1.54, 1.807) is 11.2 Å². The van der Waals surface area contributed by atoms with Crippen molar-refractivity contribution in [1.29, 1.82) is 0 Å². The quantitative estimate of drug-likeness (QED) is 0.795. The van der Waals surface area contributed by atoms with E-state index in [9.17, 15) is 9.59 Å². The molecule has 2 amide bonds. The minimum atomic E-state index is -0.564. The molecule has 0 unspecified atom stereocenters. The van der Waals surface area contributed by atoms with Gasteiger partial charge in [0.05, 0.1) is 6.26 Å². The van der Waals surface area contributed by atoms with Gasteiger partial charge in [0.1, 0.15) is 11.6 Å². The zero-order valence-electron chi connectivity index (χ0n) is 13.9. The predicted molar refractivity (Wildman–Crippen MR) is 94.8 cm³/mol. The molecule has 1 aliphatic rings. The normalized spacial score (nSPS) is 14.8. The molecule has 1 aliphatic heterocycles. The lowest BCUT2D eigenvalue weighted by atomic mass is 9.99. The molecule has 126 valence electrons. The molecule has 0 radical (unpaired) electrons. The second-order valence-corrected chi connectivity index (χ2v) is 6.30. The van der Waals surface area contributed by atoms with Gasteiger partial charge in [-0.1, -0.05) is 19.1 Å². The van der Waals surface area contributed by atoms with E-state index in [-0.39, 0.29) is 5.91 Å². The summed E-state index contributed by atoms with van der Waals surface area (Å²) in [6, 6.07) is 13.2. The van der Waals surface area contributed by atoms with Crippen molar-refractivity contribution in [2.45, 2.75) is 25.9 Å². The average molecular weight is 334 g/mol. The molecule has 0 fully saturated rings. The van der Waals surface area contributed by atoms with Crippen molar-refractivity contribution in [2.24, 2.45) is 5.73 Å². The SMILES string of the molecule is CC[C@@H](C(N)=O)N1Cc2cc(-c3ccc4occc4c3)ccc2C1=O. The van der Waals surface area contributed by atoms with Gasteiger partial charge in [0.15, 0.2) is 0 Å². The molecule has 1 aromatic heterocycles. The number of hydrogen-bond acceptors (Lipinski definition) is 3. The van der Waals surface area contributed by atoms with Crippen LogP contribution in [-0.4, -0.2) is 22.8 Å². The molecule has 0 saturated heterocycles. The van der Waals surface area contributed by atoms with E-state index in [0.29, 0.717) is 18.5 Å². The van der Waals surface area contributed by atoms with E-state index in [4.69, 9.17) is 10.2 Å². The number of amides is 2. The fourth-order valence-electron chi connectivity index (χ4n) is 3.50. The second kappa shape index (κ2) is 5.77. The summed E-state index contributed by atoms with van der Waals surface area (Å²) in [6.45, 7) is 2.27. The molecule has 4 rings (SSSR count). The molecule has 0 saturated carbocycles. The minimum Gasteiger partial charge on any atom is -0.464 e. The first-order valence-corrected chi connectivity index (χ1v) is 8.29. The van der Waals surface area contributed by atoms with Crippen LogP contribution in [0.25, 0.3) is 22.1 Å². The smallest absolute Gasteiger partial charge is 0.255 e. The number of benzene rings is 2. The van der Waals surface area contributed by atoms with E-state index < -0.39 is 11.9 Å². The summed E-state index contributed by atoms with van der Waals surface area (Å²) < 4.78 is 5.38. The van der Waals surface area contributed by atoms with Crippen LogP contribution < -0.4 is 5.73 Å². The molecule has 2 heterocycles. The molecule has 1 atom stereocenters. The van der Waals surface area contributed by atoms with Gasteiger partial charge in [0, 0.05) is 17.5 Å². The molecule has 2 N–H and O–H groups in total. The predicted octanol–water partition coefficient (Wildman–Crippen LogP) is 3.32. The van der Waals surface area contributed by atoms with Crippen molar-refractivity contribution in [3.05, 3.63) is 59.9 Å². The van der Waals surface area contributed by atoms with E-state index in [2.05, 4.69) is 6.07 Å². The van der Waals surface area contributed by atoms with E-state index in [1.165, 1.54) is 0 Å². The lowest BCUT2D eigenvalue weighted by molar-refractivity contribution is -0.122. The van der Waals surface area contributed by atoms with Crippen LogP contribution in [0, 0.1) is 0 Å². The molecule has 5 nitrogen and oxygen atoms in total. The van der Waals surface area contributed by atoms with Gasteiger partial charge in [0.25, 0.3) is 5.91 Å². The largest absolute Gasteiger partial charge is 0.464 e. The van der Waals surface area contributed by atoms with E-state index in [0.717, 1.165) is 27.7 Å². The van der Waals surface area contributed by atoms with Crippen LogP contribution in [0.2, 0.25) is 0 Å². The Morgan fingerprint density at radius 1 is 1.20 bits per heavy atom. The van der Waals surface area contributed by atoms with Crippen molar-refractivity contribution in [1.82, 2.24) is 4.90 Å². The van der Waals surface area contributed by atoms with Crippen LogP contribution in [-0.2, 0) is 11.3 Å². The number of fused-ring (bicyclic) bond motifs is 2. The fourth-order valence-corrected chi connectivity index (χ4v) is 3.50. The highest BCUT2D eigenvalue weighted by Crippen LogP contribution is 2.31. The Bertz CT molecular complexity index is 990. The van der Waals surface area contributed by atoms with Crippen molar-refractivity contribution in [3.8, 4) is 11.1 Å². The molecule has 2 aromatic carbocycles. The lowest BCUT2D eigenvalue weighted by Crippen LogP contribution is -2.44. The van der Waals surface area contributed by atoms with Crippen LogP contribution in [0.3, 0.4) is 0 Å². The van der Waals surface area contributed by atoms with Crippen molar-refractivity contribution < 1.29 is 14.0 Å². The Morgan fingerprint density at radius 3 is 2.72 bits per heavy atom. The standard InChI is InChI=1S/C20H18N2O3/c1-2-17(19(21)23)22-11-15-10-12(3-5-16(15)20(22)24)13-4-6-18-14(9-13)7-8-25-18/h3-10,17H,2,11H2,1H3,(H2,21,23)/t17-/m0/s1. The molecular formula is C20H18N2O3. The van der Waals surface area contributed by atoms with Crippen LogP contribution in [0.4, 0.5) is 0 Å². The number of furan rings is 1. The number of carbonyl (C=O) groups excluding carboxylic acids is 2. The molecule has 0 spiro atoms. The van der Waals surface area contributed by atoms with Crippen molar-refractivity contribution >= 4 is 22.8 Å². The summed E-state index contributed by atoms with van der Waals surface area (Å²) in [6.07, 6.45) is 2.18. The summed E-state index contributed by atoms with van der Waals surface area (Å²) >= 11 is 0. The molecule has 5 heteroatoms. The first-order valence-electron chi connectivity index (χ1n) is 8.29. The van der Waals surface area contributed by atoms with E-state index in [1.807, 2.05) is 43.3 Å². The molecule has 25 heavy (non-hydrogen) atoms. The van der Waals surface area contributed by atoms with Crippen LogP contribution in [0.15, 0.2) is 53.1 Å². The monoisotopic (exact) mass is 334 g/mol. The Kier molecular flexibility index (Phi) is 3.57. The van der Waals surface area contributed by atoms with Gasteiger partial charge < -0.3 is 15.1 Å². The maximum atomic E-state index is 12.6. The maximum Gasteiger partial charge on any atom is 0.255 e. The molecule has 0 aliphatic carbocycles. The Morgan fingerprint density at radius 2 is 1.96 bits per heavy atom. The minimum absolute atomic E-state index is 0.127. The van der Waals surface area contributed by atoms with Crippen LogP contribution in [0.5, 0.6) is 0 Å². The van der Waals surface area contributed by atoms with Gasteiger partial charge >= 0.3 is 0 Å². The summed E-state index contributed by atoms with van der Waals surface area (Å²) in [7, 11) is 0. The van der Waals surface area contributed by atoms with Gasteiger partial charge in [-0.15, -0.1) is 0 Å². The van der Waals surface area contributed by atoms with Crippen LogP contribution in [0.1, 0.15) is 29.3 Å². The molecule has 0 bridgehead atoms. The van der Waals surface area contributed by atoms with Crippen molar-refractivity contribution in [3.63, 3.8) is 0 Å². The highest BCUT2D eigenvalue weighted by atomic mass is 16.3. The van der Waals surface area contributed by atoms with Gasteiger partial charge in [0.2, 0.25) is 5.91 Å². The number of nitrogens with zero attached hydrogens (tertiary/aromatic N) is 1. The van der Waals surface area contributed by atoms with Crippen LogP contribution >= 0.6 is 0 Å². The van der Waals surface area contributed by atoms with Gasteiger partial charge in [-0.05, 0) is 53.4 Å². The summed E-state index contributed by atoms with van der Waals surface area (Å²) in [5.41, 5.74) is 9.95. The number of rotatable bonds is 4. The third-order valence-corrected chi connectivity index (χ3v) is 4.81. The third kappa shape index (κ3) is 2.48. The third-order valence-electron chi connectivity index (χ3n) is 4.81. The summed E-state index contributed by atoms with van der Waals surface area (Å²) in [5, 5.41) is 1.04. The summed E-state index contributed by atoms with van der Waals surface area (Å²) in [5.74, 6) is -0.591. The zero-order chi connectivity index (χ0) is 17.6. The number of carbonyl (C=O) groups is 2. The topological polar surface area (TPSA) is 76.5 Å². The fraction of sp³-hybridized carbons (Fsp3) is 0.200. The first kappa shape index (κ1) is 15.4. The lowest BCUT2D eigenvalue weighted by Gasteiger charge is -2.23. The van der Waals surface area contributed by atoms with Gasteiger partial charge in [-0.2, -0.15) is 0 Å². The number of hydrogen-bond donors (Lipinski definition) is 1. The number of primary amides is 1. The maximum absolute atomic E-state index is 12.6. The number of nitrogens with two attached hydrogens (primary N) is 1.